The summed E-state index contributed by atoms with van der Waals surface area (Å²) >= 11 is 12.9. The Morgan fingerprint density at radius 2 is 1.91 bits per heavy atom. The number of primary amides is 1. The maximum absolute atomic E-state index is 11.7. The van der Waals surface area contributed by atoms with Gasteiger partial charge in [0.1, 0.15) is 5.52 Å². The first-order valence-electron chi connectivity index (χ1n) is 11.5. The van der Waals surface area contributed by atoms with Gasteiger partial charge in [0.15, 0.2) is 5.65 Å². The second-order valence-corrected chi connectivity index (χ2v) is 9.69. The van der Waals surface area contributed by atoms with E-state index < -0.39 is 0 Å². The molecule has 5 rings (SSSR count). The van der Waals surface area contributed by atoms with E-state index in [-0.39, 0.29) is 23.9 Å². The van der Waals surface area contributed by atoms with Gasteiger partial charge in [0, 0.05) is 18.6 Å². The molecule has 0 spiro atoms. The van der Waals surface area contributed by atoms with Gasteiger partial charge in [0.25, 0.3) is 0 Å². The van der Waals surface area contributed by atoms with Gasteiger partial charge in [0.2, 0.25) is 17.8 Å². The van der Waals surface area contributed by atoms with E-state index in [1.807, 2.05) is 10.6 Å². The van der Waals surface area contributed by atoms with Crippen LogP contribution >= 0.6 is 23.2 Å². The molecule has 35 heavy (non-hydrogen) atoms. The zero-order chi connectivity index (χ0) is 24.5. The van der Waals surface area contributed by atoms with Gasteiger partial charge in [-0.25, -0.2) is 9.97 Å². The van der Waals surface area contributed by atoms with Crippen LogP contribution in [0.4, 0.5) is 17.6 Å². The number of amides is 1. The van der Waals surface area contributed by atoms with Crippen LogP contribution in [0.3, 0.4) is 0 Å². The summed E-state index contributed by atoms with van der Waals surface area (Å²) in [5, 5.41) is 16.4. The van der Waals surface area contributed by atoms with Crippen molar-refractivity contribution in [2.45, 2.75) is 44.2 Å². The van der Waals surface area contributed by atoms with Gasteiger partial charge in [-0.15, -0.1) is 0 Å². The molecular weight excluding hydrogens is 491 g/mol. The predicted octanol–water partition coefficient (Wildman–Crippen LogP) is 4.17. The average Bonchev–Trinajstić information content (AvgIpc) is 3.48. The molecule has 10 nitrogen and oxygen atoms in total. The van der Waals surface area contributed by atoms with Gasteiger partial charge < -0.3 is 21.1 Å². The molecule has 0 bridgehead atoms. The minimum Gasteiger partial charge on any atom is -0.379 e. The fraction of sp³-hybridized carbons (Fsp3) is 0.435. The molecule has 1 aliphatic heterocycles. The Balaban J connectivity index is 1.54. The summed E-state index contributed by atoms with van der Waals surface area (Å²) in [4.78, 5) is 25.7. The van der Waals surface area contributed by atoms with E-state index >= 15 is 0 Å². The van der Waals surface area contributed by atoms with E-state index in [1.54, 1.807) is 18.3 Å². The maximum atomic E-state index is 11.7. The lowest BCUT2D eigenvalue weighted by atomic mass is 9.85. The van der Waals surface area contributed by atoms with Crippen molar-refractivity contribution in [2.75, 3.05) is 23.8 Å². The molecule has 0 unspecified atom stereocenters. The van der Waals surface area contributed by atoms with E-state index in [4.69, 9.17) is 43.6 Å². The first kappa shape index (κ1) is 23.6. The number of aromatic nitrogens is 4. The third-order valence-electron chi connectivity index (χ3n) is 6.57. The predicted molar refractivity (Wildman–Crippen MR) is 133 cm³/mol. The number of nitrogens with zero attached hydrogens (tertiary/aromatic N) is 5. The Labute approximate surface area is 211 Å². The number of hydrogen-bond acceptors (Lipinski definition) is 8. The summed E-state index contributed by atoms with van der Waals surface area (Å²) in [5.41, 5.74) is 7.63. The van der Waals surface area contributed by atoms with Crippen LogP contribution in [0, 0.1) is 17.2 Å². The maximum Gasteiger partial charge on any atom is 0.225 e. The molecule has 12 heteroatoms. The Morgan fingerprint density at radius 3 is 2.54 bits per heavy atom. The van der Waals surface area contributed by atoms with Crippen LogP contribution in [0.2, 0.25) is 10.0 Å². The Hall–Kier alpha value is -3.13. The van der Waals surface area contributed by atoms with Crippen LogP contribution in [0.5, 0.6) is 0 Å². The smallest absolute Gasteiger partial charge is 0.225 e. The van der Waals surface area contributed by atoms with Crippen LogP contribution in [0.15, 0.2) is 18.3 Å². The number of imidazole rings is 1. The second kappa shape index (κ2) is 9.85. The molecule has 2 fully saturated rings. The zero-order valence-corrected chi connectivity index (χ0v) is 20.3. The lowest BCUT2D eigenvalue weighted by Crippen LogP contribution is -2.29. The number of nitrogens with one attached hydrogen (secondary N) is 2. The molecule has 1 saturated heterocycles. The number of hydrogen-bond donors (Lipinski definition) is 3. The number of rotatable bonds is 6. The highest BCUT2D eigenvalue weighted by molar-refractivity contribution is 6.39. The van der Waals surface area contributed by atoms with Crippen LogP contribution in [-0.2, 0) is 9.53 Å². The lowest BCUT2D eigenvalue weighted by Gasteiger charge is -2.29. The first-order valence-corrected chi connectivity index (χ1v) is 12.2. The van der Waals surface area contributed by atoms with E-state index in [0.717, 1.165) is 19.3 Å². The van der Waals surface area contributed by atoms with Gasteiger partial charge in [-0.1, -0.05) is 23.2 Å². The van der Waals surface area contributed by atoms with E-state index in [0.29, 0.717) is 70.4 Å². The molecule has 3 aromatic rings. The fourth-order valence-electron chi connectivity index (χ4n) is 4.71. The fourth-order valence-corrected chi connectivity index (χ4v) is 5.29. The van der Waals surface area contributed by atoms with Gasteiger partial charge in [-0.3, -0.25) is 9.36 Å². The van der Waals surface area contributed by atoms with E-state index in [1.165, 1.54) is 0 Å². The van der Waals surface area contributed by atoms with Crippen LogP contribution in [-0.4, -0.2) is 44.7 Å². The average molecular weight is 515 g/mol. The number of ether oxygens (including phenoxy) is 1. The van der Waals surface area contributed by atoms with Crippen LogP contribution < -0.4 is 16.4 Å². The highest BCUT2D eigenvalue weighted by Gasteiger charge is 2.29. The highest BCUT2D eigenvalue weighted by Crippen LogP contribution is 2.39. The Morgan fingerprint density at radius 1 is 1.17 bits per heavy atom. The largest absolute Gasteiger partial charge is 0.379 e. The lowest BCUT2D eigenvalue weighted by molar-refractivity contribution is -0.122. The van der Waals surface area contributed by atoms with Crippen LogP contribution in [0.25, 0.3) is 11.2 Å². The number of halogens is 2. The molecule has 1 amide bonds. The van der Waals surface area contributed by atoms with Crippen molar-refractivity contribution >= 4 is 57.9 Å². The molecule has 1 saturated carbocycles. The molecule has 1 aromatic carbocycles. The number of carbonyl (C=O) groups is 1. The van der Waals surface area contributed by atoms with Crippen molar-refractivity contribution in [3.63, 3.8) is 0 Å². The second-order valence-electron chi connectivity index (χ2n) is 8.87. The Kier molecular flexibility index (Phi) is 6.65. The summed E-state index contributed by atoms with van der Waals surface area (Å²) < 4.78 is 7.47. The van der Waals surface area contributed by atoms with Crippen molar-refractivity contribution in [3.8, 4) is 6.07 Å². The number of nitriles is 1. The molecule has 2 aliphatic rings. The molecule has 0 radical (unpaired) electrons. The van der Waals surface area contributed by atoms with Gasteiger partial charge >= 0.3 is 0 Å². The third kappa shape index (κ3) is 4.85. The standard InChI is InChI=1S/C23H24Cl2N8O2/c24-16-7-12(9-26)8-17(25)19(16)31-23-30-18-10-28-22(29-14-5-6-35-11-14)32-21(18)33(23)15-3-1-13(2-4-15)20(27)34/h7-8,10,13-15H,1-6,11H2,(H2,27,34)(H,30,31)(H,28,29,32)/t13-,14-,15-/m1/s1. The SMILES string of the molecule is N#Cc1cc(Cl)c(Nc2nc3cnc(N[C@@H]4CCOC4)nc3n2[C@H]2CC[C@H](C(N)=O)CC2)c(Cl)c1. The number of nitrogens with two attached hydrogens (primary N) is 1. The number of anilines is 3. The van der Waals surface area contributed by atoms with Crippen molar-refractivity contribution < 1.29 is 9.53 Å². The minimum absolute atomic E-state index is 0.0339. The molecule has 1 aliphatic carbocycles. The molecule has 3 heterocycles. The molecule has 1 atom stereocenters. The van der Waals surface area contributed by atoms with Gasteiger partial charge in [-0.05, 0) is 44.2 Å². The van der Waals surface area contributed by atoms with Crippen molar-refractivity contribution in [3.05, 3.63) is 33.9 Å². The normalized spacial score (nSPS) is 22.1. The summed E-state index contributed by atoms with van der Waals surface area (Å²) in [7, 11) is 0. The summed E-state index contributed by atoms with van der Waals surface area (Å²) in [6.07, 6.45) is 5.43. The highest BCUT2D eigenvalue weighted by atomic mass is 35.5. The molecule has 4 N–H and O–H groups in total. The molecular formula is C23H24Cl2N8O2. The van der Waals surface area contributed by atoms with Crippen molar-refractivity contribution in [2.24, 2.45) is 11.7 Å². The van der Waals surface area contributed by atoms with Crippen LogP contribution in [0.1, 0.15) is 43.7 Å². The number of benzene rings is 1. The quantitative estimate of drug-likeness (QED) is 0.444. The minimum atomic E-state index is -0.263. The van der Waals surface area contributed by atoms with E-state index in [9.17, 15) is 10.1 Å². The molecule has 182 valence electrons. The van der Waals surface area contributed by atoms with E-state index in [2.05, 4.69) is 15.6 Å². The monoisotopic (exact) mass is 514 g/mol. The van der Waals surface area contributed by atoms with Crippen molar-refractivity contribution in [1.82, 2.24) is 19.5 Å². The summed E-state index contributed by atoms with van der Waals surface area (Å²) in [6.45, 7) is 1.32. The van der Waals surface area contributed by atoms with Gasteiger partial charge in [-0.2, -0.15) is 10.2 Å². The molecule has 2 aromatic heterocycles. The van der Waals surface area contributed by atoms with Gasteiger partial charge in [0.05, 0.1) is 46.2 Å². The van der Waals surface area contributed by atoms with Crippen molar-refractivity contribution in [1.29, 1.82) is 5.26 Å². The zero-order valence-electron chi connectivity index (χ0n) is 18.8. The first-order chi connectivity index (χ1) is 16.9. The topological polar surface area (TPSA) is 144 Å². The summed E-state index contributed by atoms with van der Waals surface area (Å²) in [5.74, 6) is 0.614. The Bertz CT molecular complexity index is 1280. The summed E-state index contributed by atoms with van der Waals surface area (Å²) in [6, 6.07) is 5.33. The third-order valence-corrected chi connectivity index (χ3v) is 7.16. The number of fused-ring (bicyclic) bond motifs is 1. The number of carbonyl (C=O) groups excluding carboxylic acids is 1.